The monoisotopic (exact) mass is 405 g/mol. The Balaban J connectivity index is 1.70. The number of benzene rings is 1. The lowest BCUT2D eigenvalue weighted by Crippen LogP contribution is -3.13. The maximum absolute atomic E-state index is 13.5. The molecule has 2 aromatic heterocycles. The molecule has 7 nitrogen and oxygen atoms in total. The highest BCUT2D eigenvalue weighted by Gasteiger charge is 2.37. The van der Waals surface area contributed by atoms with Crippen molar-refractivity contribution in [2.75, 3.05) is 20.2 Å². The highest BCUT2D eigenvalue weighted by atomic mass is 32.1. The lowest BCUT2D eigenvalue weighted by Gasteiger charge is -2.33. The lowest BCUT2D eigenvalue weighted by molar-refractivity contribution is -0.930. The number of thiazole rings is 1. The third-order valence-electron chi connectivity index (χ3n) is 5.34. The summed E-state index contributed by atoms with van der Waals surface area (Å²) in [7, 11) is 1.41. The molecule has 1 atom stereocenters. The number of piperidine rings is 1. The van der Waals surface area contributed by atoms with Gasteiger partial charge in [-0.3, -0.25) is 4.79 Å². The van der Waals surface area contributed by atoms with E-state index in [1.807, 2.05) is 0 Å². The number of hydrogen-bond donors (Lipinski definition) is 2. The lowest BCUT2D eigenvalue weighted by atomic mass is 9.93. The van der Waals surface area contributed by atoms with Gasteiger partial charge in [0.05, 0.1) is 26.1 Å². The van der Waals surface area contributed by atoms with Crippen LogP contribution in [0.3, 0.4) is 0 Å². The predicted octanol–water partition coefficient (Wildman–Crippen LogP) is 1.50. The molecule has 0 bridgehead atoms. The van der Waals surface area contributed by atoms with Crippen LogP contribution in [0.1, 0.15) is 35.1 Å². The first-order valence-electron chi connectivity index (χ1n) is 9.21. The number of ether oxygens (including phenoxy) is 1. The highest BCUT2D eigenvalue weighted by molar-refractivity contribution is 7.17. The van der Waals surface area contributed by atoms with Gasteiger partial charge in [0.15, 0.2) is 6.04 Å². The molecule has 0 spiro atoms. The second-order valence-corrected chi connectivity index (χ2v) is 8.09. The number of aromatic hydroxyl groups is 1. The van der Waals surface area contributed by atoms with Gasteiger partial charge < -0.3 is 14.7 Å². The van der Waals surface area contributed by atoms with Gasteiger partial charge in [0, 0.05) is 18.4 Å². The van der Waals surface area contributed by atoms with Crippen molar-refractivity contribution in [1.82, 2.24) is 14.6 Å². The molecule has 0 radical (unpaired) electrons. The quantitative estimate of drug-likeness (QED) is 0.643. The van der Waals surface area contributed by atoms with Gasteiger partial charge in [-0.1, -0.05) is 11.3 Å². The first-order valence-corrected chi connectivity index (χ1v) is 10.0. The van der Waals surface area contributed by atoms with Gasteiger partial charge in [-0.05, 0) is 31.2 Å². The minimum atomic E-state index is -0.301. The predicted molar refractivity (Wildman–Crippen MR) is 101 cm³/mol. The molecule has 0 aliphatic carbocycles. The summed E-state index contributed by atoms with van der Waals surface area (Å²) >= 11 is 1.39. The number of halogens is 1. The molecule has 1 aliphatic rings. The van der Waals surface area contributed by atoms with Crippen molar-refractivity contribution < 1.29 is 23.9 Å². The van der Waals surface area contributed by atoms with Crippen molar-refractivity contribution in [2.24, 2.45) is 5.92 Å². The number of esters is 1. The molecule has 0 amide bonds. The zero-order valence-corrected chi connectivity index (χ0v) is 16.5. The smallest absolute Gasteiger partial charge is 0.309 e. The summed E-state index contributed by atoms with van der Waals surface area (Å²) in [4.78, 5) is 18.8. The zero-order valence-electron chi connectivity index (χ0n) is 15.7. The number of carbonyl (C=O) groups is 1. The maximum atomic E-state index is 13.5. The Morgan fingerprint density at radius 3 is 2.64 bits per heavy atom. The molecule has 9 heteroatoms. The Kier molecular flexibility index (Phi) is 5.03. The van der Waals surface area contributed by atoms with Gasteiger partial charge in [0.1, 0.15) is 16.5 Å². The number of hydrogen-bond acceptors (Lipinski definition) is 6. The molecule has 1 aliphatic heterocycles. The Morgan fingerprint density at radius 2 is 2.04 bits per heavy atom. The van der Waals surface area contributed by atoms with Crippen molar-refractivity contribution in [3.05, 3.63) is 46.3 Å². The Bertz CT molecular complexity index is 993. The summed E-state index contributed by atoms with van der Waals surface area (Å²) in [5, 5.41) is 15.1. The third kappa shape index (κ3) is 3.35. The molecule has 1 aromatic carbocycles. The summed E-state index contributed by atoms with van der Waals surface area (Å²) in [6.45, 7) is 3.26. The molecule has 2 N–H and O–H groups in total. The molecule has 3 aromatic rings. The number of nitrogens with one attached hydrogen (secondary N) is 1. The fourth-order valence-electron chi connectivity index (χ4n) is 3.94. The molecule has 148 valence electrons. The summed E-state index contributed by atoms with van der Waals surface area (Å²) in [5.74, 6) is 0.0928. The molecule has 0 saturated carbocycles. The van der Waals surface area contributed by atoms with E-state index in [4.69, 9.17) is 4.74 Å². The van der Waals surface area contributed by atoms with E-state index in [0.717, 1.165) is 23.5 Å². The van der Waals surface area contributed by atoms with Gasteiger partial charge in [-0.25, -0.2) is 9.37 Å². The van der Waals surface area contributed by atoms with Crippen LogP contribution in [-0.2, 0) is 9.53 Å². The van der Waals surface area contributed by atoms with Gasteiger partial charge in [-0.2, -0.15) is 4.52 Å². The minimum Gasteiger partial charge on any atom is -0.492 e. The summed E-state index contributed by atoms with van der Waals surface area (Å²) in [5.41, 5.74) is 0.907. The molecular weight excluding hydrogens is 383 g/mol. The average Bonchev–Trinajstić information content (AvgIpc) is 3.21. The largest absolute Gasteiger partial charge is 0.492 e. The van der Waals surface area contributed by atoms with E-state index < -0.39 is 0 Å². The van der Waals surface area contributed by atoms with Crippen LogP contribution in [0.4, 0.5) is 4.39 Å². The van der Waals surface area contributed by atoms with Crippen LogP contribution in [0.2, 0.25) is 0 Å². The first kappa shape index (κ1) is 18.8. The SMILES string of the molecule is COC(=O)C1CC[NH+]([C@@H](c2ccc(F)cc2)c2sc3nc(C)nn3c2O)CC1. The number of quaternary nitrogens is 1. The van der Waals surface area contributed by atoms with Crippen LogP contribution in [0, 0.1) is 18.7 Å². The summed E-state index contributed by atoms with van der Waals surface area (Å²) in [6.07, 6.45) is 1.42. The van der Waals surface area contributed by atoms with Crippen LogP contribution in [0.25, 0.3) is 4.96 Å². The standard InChI is InChI=1S/C19H21FN4O3S/c1-11-21-19-24(22-11)17(25)16(28-19)15(12-3-5-14(20)6-4-12)23-9-7-13(8-10-23)18(26)27-2/h3-6,13,15,25H,7-10H2,1-2H3/p+1/t15-/m0/s1. The first-order chi connectivity index (χ1) is 13.5. The van der Waals surface area contributed by atoms with Crippen LogP contribution in [0.5, 0.6) is 5.88 Å². The molecule has 0 unspecified atom stereocenters. The fraction of sp³-hybridized carbons (Fsp3) is 0.421. The molecule has 3 heterocycles. The maximum Gasteiger partial charge on any atom is 0.309 e. The van der Waals surface area contributed by atoms with Crippen LogP contribution in [0.15, 0.2) is 24.3 Å². The summed E-state index contributed by atoms with van der Waals surface area (Å²) in [6, 6.07) is 6.18. The van der Waals surface area contributed by atoms with Gasteiger partial charge >= 0.3 is 5.97 Å². The highest BCUT2D eigenvalue weighted by Crippen LogP contribution is 2.35. The van der Waals surface area contributed by atoms with Crippen LogP contribution in [-0.4, -0.2) is 45.9 Å². The summed E-state index contributed by atoms with van der Waals surface area (Å²) < 4.78 is 19.8. The van der Waals surface area contributed by atoms with Crippen molar-refractivity contribution in [3.8, 4) is 5.88 Å². The topological polar surface area (TPSA) is 81.2 Å². The number of methoxy groups -OCH3 is 1. The van der Waals surface area contributed by atoms with E-state index >= 15 is 0 Å². The molecular formula is C19H22FN4O3S+. The number of carbonyl (C=O) groups excluding carboxylic acids is 1. The molecule has 1 saturated heterocycles. The number of rotatable bonds is 4. The van der Waals surface area contributed by atoms with E-state index in [-0.39, 0.29) is 29.6 Å². The molecule has 4 rings (SSSR count). The van der Waals surface area contributed by atoms with Gasteiger partial charge in [0.25, 0.3) is 0 Å². The van der Waals surface area contributed by atoms with E-state index in [2.05, 4.69) is 10.1 Å². The van der Waals surface area contributed by atoms with Gasteiger partial charge in [-0.15, -0.1) is 5.10 Å². The number of aromatic nitrogens is 3. The molecule has 28 heavy (non-hydrogen) atoms. The normalized spacial score (nSPS) is 21.0. The molecule has 1 fully saturated rings. The fourth-order valence-corrected chi connectivity index (χ4v) is 5.13. The Morgan fingerprint density at radius 1 is 1.36 bits per heavy atom. The van der Waals surface area contributed by atoms with Crippen molar-refractivity contribution in [1.29, 1.82) is 0 Å². The van der Waals surface area contributed by atoms with E-state index in [0.29, 0.717) is 23.6 Å². The third-order valence-corrected chi connectivity index (χ3v) is 6.43. The number of fused-ring (bicyclic) bond motifs is 1. The van der Waals surface area contributed by atoms with E-state index in [1.165, 1.54) is 40.0 Å². The second-order valence-electron chi connectivity index (χ2n) is 7.08. The van der Waals surface area contributed by atoms with Crippen molar-refractivity contribution in [2.45, 2.75) is 25.8 Å². The second kappa shape index (κ2) is 7.48. The Labute approximate surface area is 165 Å². The van der Waals surface area contributed by atoms with Crippen molar-refractivity contribution in [3.63, 3.8) is 0 Å². The van der Waals surface area contributed by atoms with Crippen LogP contribution >= 0.6 is 11.3 Å². The van der Waals surface area contributed by atoms with E-state index in [9.17, 15) is 14.3 Å². The average molecular weight is 405 g/mol. The number of nitrogens with zero attached hydrogens (tertiary/aromatic N) is 3. The van der Waals surface area contributed by atoms with Crippen LogP contribution < -0.4 is 4.90 Å². The Hall–Kier alpha value is -2.52. The number of likely N-dealkylation sites (tertiary alicyclic amines) is 1. The van der Waals surface area contributed by atoms with E-state index in [1.54, 1.807) is 19.1 Å². The van der Waals surface area contributed by atoms with Gasteiger partial charge in [0.2, 0.25) is 10.8 Å². The zero-order chi connectivity index (χ0) is 19.8. The van der Waals surface area contributed by atoms with Crippen molar-refractivity contribution >= 4 is 22.3 Å². The minimum absolute atomic E-state index is 0.0671. The number of aryl methyl sites for hydroxylation is 1.